The lowest BCUT2D eigenvalue weighted by atomic mass is 9.98. The highest BCUT2D eigenvalue weighted by Crippen LogP contribution is 2.25. The molecule has 25 heavy (non-hydrogen) atoms. The summed E-state index contributed by atoms with van der Waals surface area (Å²) in [7, 11) is 0. The van der Waals surface area contributed by atoms with Crippen LogP contribution in [0.15, 0.2) is 11.3 Å². The van der Waals surface area contributed by atoms with Crippen LogP contribution in [-0.2, 0) is 14.3 Å². The molecular weight excluding hydrogens is 312 g/mol. The Morgan fingerprint density at radius 1 is 0.840 bits per heavy atom. The summed E-state index contributed by atoms with van der Waals surface area (Å²) < 4.78 is 5.48. The summed E-state index contributed by atoms with van der Waals surface area (Å²) in [5.74, 6) is 0.398. The van der Waals surface area contributed by atoms with Gasteiger partial charge in [-0.2, -0.15) is 0 Å². The Morgan fingerprint density at radius 2 is 1.32 bits per heavy atom. The quantitative estimate of drug-likeness (QED) is 0.257. The average molecular weight is 351 g/mol. The lowest BCUT2D eigenvalue weighted by Crippen LogP contribution is -2.20. The number of ether oxygens (including phenoxy) is 1. The van der Waals surface area contributed by atoms with Gasteiger partial charge in [-0.1, -0.05) is 84.5 Å². The Labute approximate surface area is 154 Å². The van der Waals surface area contributed by atoms with Crippen molar-refractivity contribution in [2.45, 2.75) is 117 Å². The fourth-order valence-corrected chi connectivity index (χ4v) is 3.51. The number of rotatable bonds is 15. The van der Waals surface area contributed by atoms with Crippen LogP contribution in [0, 0.1) is 0 Å². The van der Waals surface area contributed by atoms with Crippen LogP contribution in [0.2, 0.25) is 0 Å². The molecule has 0 aliphatic carbocycles. The zero-order valence-electron chi connectivity index (χ0n) is 16.7. The Balaban J connectivity index is 2.00. The monoisotopic (exact) mass is 350 g/mol. The number of carbonyl (C=O) groups is 2. The molecule has 0 saturated heterocycles. The molecular formula is C22H38O3. The molecule has 3 nitrogen and oxygen atoms in total. The van der Waals surface area contributed by atoms with Gasteiger partial charge in [0.2, 0.25) is 5.78 Å². The standard InChI is InChI=1S/C22H38O3/c1-4-6-7-8-9-10-11-12-13-14-15-16-17-19(23)21-18(3)25-20(5-2)22(21)24/h20H,4-17H2,1-3H3. The Bertz CT molecular complexity index is 437. The highest BCUT2D eigenvalue weighted by Gasteiger charge is 2.35. The van der Waals surface area contributed by atoms with Gasteiger partial charge < -0.3 is 4.74 Å². The number of allylic oxidation sites excluding steroid dienone is 1. The number of ketones is 2. The summed E-state index contributed by atoms with van der Waals surface area (Å²) in [6, 6.07) is 0. The third-order valence-electron chi connectivity index (χ3n) is 5.12. The molecule has 0 radical (unpaired) electrons. The van der Waals surface area contributed by atoms with Crippen LogP contribution in [0.1, 0.15) is 111 Å². The van der Waals surface area contributed by atoms with Crippen molar-refractivity contribution < 1.29 is 14.3 Å². The van der Waals surface area contributed by atoms with Gasteiger partial charge in [-0.25, -0.2) is 0 Å². The lowest BCUT2D eigenvalue weighted by molar-refractivity contribution is -0.124. The Hall–Kier alpha value is -1.12. The van der Waals surface area contributed by atoms with Crippen molar-refractivity contribution in [2.24, 2.45) is 0 Å². The molecule has 1 heterocycles. The van der Waals surface area contributed by atoms with Crippen molar-refractivity contribution in [1.29, 1.82) is 0 Å². The summed E-state index contributed by atoms with van der Waals surface area (Å²) in [5, 5.41) is 0. The van der Waals surface area contributed by atoms with Crippen molar-refractivity contribution in [1.82, 2.24) is 0 Å². The van der Waals surface area contributed by atoms with Crippen LogP contribution < -0.4 is 0 Å². The number of hydrogen-bond acceptors (Lipinski definition) is 3. The first kappa shape index (κ1) is 21.9. The number of Topliss-reactive ketones (excluding diaryl/α,β-unsaturated/α-hetero) is 2. The fraction of sp³-hybridized carbons (Fsp3) is 0.818. The van der Waals surface area contributed by atoms with E-state index in [4.69, 9.17) is 4.74 Å². The summed E-state index contributed by atoms with van der Waals surface area (Å²) in [5.41, 5.74) is 0.329. The molecule has 1 aliphatic rings. The Kier molecular flexibility index (Phi) is 11.5. The molecule has 0 saturated carbocycles. The second-order valence-corrected chi connectivity index (χ2v) is 7.37. The van der Waals surface area contributed by atoms with E-state index in [0.717, 1.165) is 12.8 Å². The van der Waals surface area contributed by atoms with Crippen molar-refractivity contribution >= 4 is 11.6 Å². The molecule has 1 aliphatic heterocycles. The first-order chi connectivity index (χ1) is 12.1. The minimum atomic E-state index is -0.430. The SMILES string of the molecule is CCCCCCCCCCCCCCC(=O)C1=C(C)OC(CC)C1=O. The molecule has 0 aromatic carbocycles. The number of hydrogen-bond donors (Lipinski definition) is 0. The first-order valence-electron chi connectivity index (χ1n) is 10.6. The van der Waals surface area contributed by atoms with Crippen molar-refractivity contribution in [3.63, 3.8) is 0 Å². The Morgan fingerprint density at radius 3 is 1.76 bits per heavy atom. The van der Waals surface area contributed by atoms with Gasteiger partial charge in [0.25, 0.3) is 0 Å². The zero-order chi connectivity index (χ0) is 18.5. The normalized spacial score (nSPS) is 17.2. The van der Waals surface area contributed by atoms with Crippen LogP contribution in [0.5, 0.6) is 0 Å². The minimum Gasteiger partial charge on any atom is -0.486 e. The van der Waals surface area contributed by atoms with Crippen LogP contribution >= 0.6 is 0 Å². The van der Waals surface area contributed by atoms with Gasteiger partial charge in [0, 0.05) is 6.42 Å². The first-order valence-corrected chi connectivity index (χ1v) is 10.6. The van der Waals surface area contributed by atoms with E-state index < -0.39 is 6.10 Å². The van der Waals surface area contributed by atoms with Crippen LogP contribution in [-0.4, -0.2) is 17.7 Å². The predicted octanol–water partition coefficient (Wildman–Crippen LogP) is 6.30. The molecule has 0 aromatic heterocycles. The lowest BCUT2D eigenvalue weighted by Gasteiger charge is -2.05. The highest BCUT2D eigenvalue weighted by molar-refractivity contribution is 6.23. The van der Waals surface area contributed by atoms with Crippen molar-refractivity contribution in [3.8, 4) is 0 Å². The van der Waals surface area contributed by atoms with E-state index in [1.807, 2.05) is 6.92 Å². The van der Waals surface area contributed by atoms with E-state index in [1.165, 1.54) is 64.2 Å². The minimum absolute atomic E-state index is 0.0227. The average Bonchev–Trinajstić information content (AvgIpc) is 2.89. The van der Waals surface area contributed by atoms with Crippen molar-refractivity contribution in [3.05, 3.63) is 11.3 Å². The molecule has 0 fully saturated rings. The fourth-order valence-electron chi connectivity index (χ4n) is 3.51. The second-order valence-electron chi connectivity index (χ2n) is 7.37. The summed E-state index contributed by atoms with van der Waals surface area (Å²) >= 11 is 0. The largest absolute Gasteiger partial charge is 0.486 e. The molecule has 1 atom stereocenters. The van der Waals surface area contributed by atoms with Crippen molar-refractivity contribution in [2.75, 3.05) is 0 Å². The molecule has 1 unspecified atom stereocenters. The zero-order valence-corrected chi connectivity index (χ0v) is 16.7. The van der Waals surface area contributed by atoms with Crippen LogP contribution in [0.25, 0.3) is 0 Å². The molecule has 0 amide bonds. The summed E-state index contributed by atoms with van der Waals surface area (Å²) in [6.45, 7) is 5.91. The molecule has 0 bridgehead atoms. The third-order valence-corrected chi connectivity index (χ3v) is 5.12. The van der Waals surface area contributed by atoms with E-state index in [0.29, 0.717) is 24.2 Å². The maximum absolute atomic E-state index is 12.3. The van der Waals surface area contributed by atoms with E-state index in [1.54, 1.807) is 6.92 Å². The van der Waals surface area contributed by atoms with Gasteiger partial charge in [0.05, 0.1) is 0 Å². The van der Waals surface area contributed by atoms with Gasteiger partial charge in [-0.15, -0.1) is 0 Å². The van der Waals surface area contributed by atoms with Crippen LogP contribution in [0.3, 0.4) is 0 Å². The van der Waals surface area contributed by atoms with E-state index in [2.05, 4.69) is 6.92 Å². The predicted molar refractivity (Wildman–Crippen MR) is 104 cm³/mol. The van der Waals surface area contributed by atoms with Gasteiger partial charge in [0.1, 0.15) is 11.3 Å². The number of unbranched alkanes of at least 4 members (excludes halogenated alkanes) is 11. The topological polar surface area (TPSA) is 43.4 Å². The molecule has 0 N–H and O–H groups in total. The van der Waals surface area contributed by atoms with Gasteiger partial charge in [-0.3, -0.25) is 9.59 Å². The maximum atomic E-state index is 12.3. The molecule has 0 aromatic rings. The second kappa shape index (κ2) is 13.1. The third kappa shape index (κ3) is 8.20. The van der Waals surface area contributed by atoms with Gasteiger partial charge in [0.15, 0.2) is 11.9 Å². The van der Waals surface area contributed by atoms with E-state index in [9.17, 15) is 9.59 Å². The molecule has 3 heteroatoms. The van der Waals surface area contributed by atoms with E-state index in [-0.39, 0.29) is 11.6 Å². The smallest absolute Gasteiger partial charge is 0.210 e. The molecule has 1 rings (SSSR count). The molecule has 144 valence electrons. The van der Waals surface area contributed by atoms with Gasteiger partial charge in [-0.05, 0) is 19.8 Å². The summed E-state index contributed by atoms with van der Waals surface area (Å²) in [4.78, 5) is 24.4. The van der Waals surface area contributed by atoms with Crippen LogP contribution in [0.4, 0.5) is 0 Å². The number of carbonyl (C=O) groups excluding carboxylic acids is 2. The van der Waals surface area contributed by atoms with Gasteiger partial charge >= 0.3 is 0 Å². The highest BCUT2D eigenvalue weighted by atomic mass is 16.5. The molecule has 0 spiro atoms. The van der Waals surface area contributed by atoms with E-state index >= 15 is 0 Å². The summed E-state index contributed by atoms with van der Waals surface area (Å²) in [6.07, 6.45) is 16.0. The maximum Gasteiger partial charge on any atom is 0.210 e.